The molecule has 0 radical (unpaired) electrons. The molecule has 1 aliphatic heterocycles. The minimum absolute atomic E-state index is 0.0542. The van der Waals surface area contributed by atoms with E-state index in [0.29, 0.717) is 35.8 Å². The first-order valence-electron chi connectivity index (χ1n) is 9.42. The van der Waals surface area contributed by atoms with Crippen LogP contribution in [0.4, 0.5) is 11.4 Å². The summed E-state index contributed by atoms with van der Waals surface area (Å²) < 4.78 is 12.1. The van der Waals surface area contributed by atoms with Gasteiger partial charge in [0.05, 0.1) is 12.2 Å². The zero-order chi connectivity index (χ0) is 20.9. The van der Waals surface area contributed by atoms with Gasteiger partial charge in [0.2, 0.25) is 0 Å². The molecule has 0 bridgehead atoms. The summed E-state index contributed by atoms with van der Waals surface area (Å²) >= 11 is 3.37. The molecule has 0 saturated heterocycles. The van der Waals surface area contributed by atoms with Crippen LogP contribution < -0.4 is 19.7 Å². The molecule has 7 heteroatoms. The Kier molecular flexibility index (Phi) is 5.99. The van der Waals surface area contributed by atoms with Gasteiger partial charge < -0.3 is 19.7 Å². The van der Waals surface area contributed by atoms with Gasteiger partial charge in [-0.25, -0.2) is 0 Å². The molecule has 6 nitrogen and oxygen atoms in total. The van der Waals surface area contributed by atoms with E-state index in [-0.39, 0.29) is 18.4 Å². The van der Waals surface area contributed by atoms with Gasteiger partial charge >= 0.3 is 0 Å². The molecule has 3 aromatic rings. The molecule has 30 heavy (non-hydrogen) atoms. The lowest BCUT2D eigenvalue weighted by Gasteiger charge is -2.29. The summed E-state index contributed by atoms with van der Waals surface area (Å²) in [6, 6.07) is 21.8. The lowest BCUT2D eigenvalue weighted by atomic mass is 10.2. The third kappa shape index (κ3) is 4.63. The van der Waals surface area contributed by atoms with Crippen molar-refractivity contribution in [1.29, 1.82) is 0 Å². The number of ether oxygens (including phenoxy) is 2. The fourth-order valence-electron chi connectivity index (χ4n) is 3.13. The normalized spacial score (nSPS) is 12.7. The average Bonchev–Trinajstić information content (AvgIpc) is 2.76. The molecule has 0 atom stereocenters. The maximum Gasteiger partial charge on any atom is 0.265 e. The van der Waals surface area contributed by atoms with Crippen molar-refractivity contribution in [3.8, 4) is 11.5 Å². The Morgan fingerprint density at radius 3 is 2.70 bits per heavy atom. The van der Waals surface area contributed by atoms with E-state index in [1.807, 2.05) is 36.4 Å². The van der Waals surface area contributed by atoms with E-state index < -0.39 is 0 Å². The first kappa shape index (κ1) is 20.0. The van der Waals surface area contributed by atoms with Gasteiger partial charge in [0.15, 0.2) is 6.61 Å². The summed E-state index contributed by atoms with van der Waals surface area (Å²) in [5.74, 6) is 0.937. The van der Waals surface area contributed by atoms with Gasteiger partial charge in [0.1, 0.15) is 18.1 Å². The van der Waals surface area contributed by atoms with Crippen LogP contribution in [0.3, 0.4) is 0 Å². The number of benzene rings is 3. The molecule has 4 rings (SSSR count). The topological polar surface area (TPSA) is 67.9 Å². The first-order valence-corrected chi connectivity index (χ1v) is 10.2. The Labute approximate surface area is 182 Å². The molecule has 0 saturated carbocycles. The largest absolute Gasteiger partial charge is 0.492 e. The summed E-state index contributed by atoms with van der Waals surface area (Å²) in [5.41, 5.74) is 1.79. The highest BCUT2D eigenvalue weighted by Crippen LogP contribution is 2.34. The molecule has 0 spiro atoms. The van der Waals surface area contributed by atoms with E-state index in [1.54, 1.807) is 41.3 Å². The number of carbonyl (C=O) groups excluding carboxylic acids is 2. The number of hydrogen-bond acceptors (Lipinski definition) is 4. The van der Waals surface area contributed by atoms with Crippen molar-refractivity contribution >= 4 is 39.1 Å². The summed E-state index contributed by atoms with van der Waals surface area (Å²) in [4.78, 5) is 26.5. The van der Waals surface area contributed by atoms with Crippen molar-refractivity contribution in [2.45, 2.75) is 0 Å². The number of carbonyl (C=O) groups is 2. The van der Waals surface area contributed by atoms with Crippen molar-refractivity contribution in [2.75, 3.05) is 30.0 Å². The van der Waals surface area contributed by atoms with Crippen LogP contribution in [0.5, 0.6) is 11.5 Å². The number of hydrogen-bond donors (Lipinski definition) is 1. The minimum atomic E-state index is -0.226. The van der Waals surface area contributed by atoms with Crippen LogP contribution in [-0.4, -0.2) is 31.6 Å². The molecular weight excluding hydrogens is 448 g/mol. The number of para-hydroxylation sites is 1. The monoisotopic (exact) mass is 466 g/mol. The van der Waals surface area contributed by atoms with Gasteiger partial charge in [-0.1, -0.05) is 40.2 Å². The van der Waals surface area contributed by atoms with Crippen LogP contribution in [0.2, 0.25) is 0 Å². The number of anilines is 2. The van der Waals surface area contributed by atoms with Gasteiger partial charge in [0, 0.05) is 21.8 Å². The van der Waals surface area contributed by atoms with Gasteiger partial charge in [-0.05, 0) is 42.5 Å². The number of halogens is 1. The van der Waals surface area contributed by atoms with Crippen molar-refractivity contribution in [3.63, 3.8) is 0 Å². The van der Waals surface area contributed by atoms with E-state index in [9.17, 15) is 9.59 Å². The van der Waals surface area contributed by atoms with E-state index >= 15 is 0 Å². The Morgan fingerprint density at radius 1 is 1.07 bits per heavy atom. The van der Waals surface area contributed by atoms with Gasteiger partial charge in [-0.15, -0.1) is 0 Å². The Hall–Kier alpha value is -3.32. The fraction of sp³-hybridized carbons (Fsp3) is 0.130. The molecule has 0 unspecified atom stereocenters. The van der Waals surface area contributed by atoms with E-state index in [1.165, 1.54) is 0 Å². The third-order valence-corrected chi connectivity index (χ3v) is 5.07. The maximum atomic E-state index is 12.5. The molecule has 152 valence electrons. The minimum Gasteiger partial charge on any atom is -0.492 e. The highest BCUT2D eigenvalue weighted by Gasteiger charge is 2.26. The van der Waals surface area contributed by atoms with Gasteiger partial charge in [-0.2, -0.15) is 0 Å². The number of nitrogens with zero attached hydrogens (tertiary/aromatic N) is 1. The molecular formula is C23H19BrN2O4. The Morgan fingerprint density at radius 2 is 1.90 bits per heavy atom. The van der Waals surface area contributed by atoms with Crippen LogP contribution in [0.1, 0.15) is 10.4 Å². The summed E-state index contributed by atoms with van der Waals surface area (Å²) in [7, 11) is 0. The van der Waals surface area contributed by atoms with E-state index in [4.69, 9.17) is 9.47 Å². The van der Waals surface area contributed by atoms with Crippen molar-refractivity contribution < 1.29 is 19.1 Å². The van der Waals surface area contributed by atoms with Crippen LogP contribution in [0.25, 0.3) is 0 Å². The number of nitrogens with one attached hydrogen (secondary N) is 1. The Balaban J connectivity index is 1.45. The lowest BCUT2D eigenvalue weighted by molar-refractivity contribution is -0.121. The van der Waals surface area contributed by atoms with Gasteiger partial charge in [-0.3, -0.25) is 9.59 Å². The predicted octanol–water partition coefficient (Wildman–Crippen LogP) is 4.51. The quantitative estimate of drug-likeness (QED) is 0.580. The smallest absolute Gasteiger partial charge is 0.265 e. The fourth-order valence-corrected chi connectivity index (χ4v) is 3.53. The zero-order valence-corrected chi connectivity index (χ0v) is 17.6. The molecule has 1 heterocycles. The zero-order valence-electron chi connectivity index (χ0n) is 16.0. The Bertz CT molecular complexity index is 1070. The van der Waals surface area contributed by atoms with Crippen molar-refractivity contribution in [3.05, 3.63) is 82.8 Å². The van der Waals surface area contributed by atoms with E-state index in [0.717, 1.165) is 10.2 Å². The highest BCUT2D eigenvalue weighted by molar-refractivity contribution is 9.10. The number of fused-ring (bicyclic) bond motifs is 1. The van der Waals surface area contributed by atoms with Crippen LogP contribution in [0.15, 0.2) is 77.3 Å². The average molecular weight is 467 g/mol. The second-order valence-corrected chi connectivity index (χ2v) is 7.56. The summed E-state index contributed by atoms with van der Waals surface area (Å²) in [6.07, 6.45) is 0. The molecule has 1 aliphatic rings. The highest BCUT2D eigenvalue weighted by atomic mass is 79.9. The molecule has 2 amide bonds. The summed E-state index contributed by atoms with van der Waals surface area (Å²) in [5, 5.41) is 2.86. The van der Waals surface area contributed by atoms with Crippen LogP contribution >= 0.6 is 15.9 Å². The SMILES string of the molecule is O=C(Nc1ccc2c(c1)OCC(=O)N2CCOc1ccccc1)c1cccc(Br)c1. The van der Waals surface area contributed by atoms with Gasteiger partial charge in [0.25, 0.3) is 11.8 Å². The van der Waals surface area contributed by atoms with E-state index in [2.05, 4.69) is 21.2 Å². The predicted molar refractivity (Wildman–Crippen MR) is 118 cm³/mol. The maximum absolute atomic E-state index is 12.5. The molecule has 3 aromatic carbocycles. The first-order chi connectivity index (χ1) is 14.6. The number of amides is 2. The second kappa shape index (κ2) is 9.00. The third-order valence-electron chi connectivity index (χ3n) is 4.57. The second-order valence-electron chi connectivity index (χ2n) is 6.64. The standard InChI is InChI=1S/C23H19BrN2O4/c24-17-6-4-5-16(13-17)23(28)25-18-9-10-20-21(14-18)30-15-22(27)26(20)11-12-29-19-7-2-1-3-8-19/h1-10,13-14H,11-12,15H2,(H,25,28). The van der Waals surface area contributed by atoms with Crippen LogP contribution in [0, 0.1) is 0 Å². The molecule has 0 aromatic heterocycles. The van der Waals surface area contributed by atoms with Crippen molar-refractivity contribution in [1.82, 2.24) is 0 Å². The van der Waals surface area contributed by atoms with Crippen LogP contribution in [-0.2, 0) is 4.79 Å². The van der Waals surface area contributed by atoms with Crippen molar-refractivity contribution in [2.24, 2.45) is 0 Å². The number of rotatable bonds is 6. The lowest BCUT2D eigenvalue weighted by Crippen LogP contribution is -2.41. The summed E-state index contributed by atoms with van der Waals surface area (Å²) in [6.45, 7) is 0.700. The molecule has 1 N–H and O–H groups in total. The molecule has 0 fully saturated rings. The molecule has 0 aliphatic carbocycles.